The van der Waals surface area contributed by atoms with Gasteiger partial charge in [-0.05, 0) is 37.0 Å². The first-order chi connectivity index (χ1) is 10.7. The van der Waals surface area contributed by atoms with E-state index in [1.807, 2.05) is 49.6 Å². The van der Waals surface area contributed by atoms with Crippen molar-refractivity contribution in [1.29, 1.82) is 0 Å². The highest BCUT2D eigenvalue weighted by molar-refractivity contribution is 7.14. The zero-order valence-corrected chi connectivity index (χ0v) is 13.8. The topological polar surface area (TPSA) is 59.0 Å². The zero-order valence-electron chi connectivity index (χ0n) is 12.2. The molecule has 0 aliphatic carbocycles. The Morgan fingerprint density at radius 1 is 1.27 bits per heavy atom. The summed E-state index contributed by atoms with van der Waals surface area (Å²) in [7, 11) is 0. The molecule has 2 heterocycles. The van der Waals surface area contributed by atoms with Crippen molar-refractivity contribution in [3.63, 3.8) is 0 Å². The van der Waals surface area contributed by atoms with Crippen molar-refractivity contribution in [2.45, 2.75) is 20.3 Å². The van der Waals surface area contributed by atoms with E-state index in [0.717, 1.165) is 28.6 Å². The van der Waals surface area contributed by atoms with Gasteiger partial charge in [0.25, 0.3) is 5.91 Å². The number of hydrogen-bond donors (Lipinski definition) is 0. The van der Waals surface area contributed by atoms with Crippen LogP contribution in [0.1, 0.15) is 28.0 Å². The fourth-order valence-electron chi connectivity index (χ4n) is 2.04. The smallest absolute Gasteiger partial charge is 0.267 e. The lowest BCUT2D eigenvalue weighted by Crippen LogP contribution is -2.26. The molecular formula is C15H14N4OS2. The quantitative estimate of drug-likeness (QED) is 0.729. The maximum absolute atomic E-state index is 13.0. The van der Waals surface area contributed by atoms with E-state index < -0.39 is 0 Å². The third-order valence-electron chi connectivity index (χ3n) is 3.10. The molecule has 0 N–H and O–H groups in total. The van der Waals surface area contributed by atoms with Crippen LogP contribution in [0.25, 0.3) is 0 Å². The Hall–Kier alpha value is -2.12. The minimum absolute atomic E-state index is 0.132. The third-order valence-corrected chi connectivity index (χ3v) is 4.80. The van der Waals surface area contributed by atoms with Crippen molar-refractivity contribution in [2.75, 3.05) is 4.90 Å². The van der Waals surface area contributed by atoms with E-state index in [0.29, 0.717) is 16.4 Å². The van der Waals surface area contributed by atoms with Crippen molar-refractivity contribution in [3.8, 4) is 0 Å². The number of carbonyl (C=O) groups is 1. The van der Waals surface area contributed by atoms with Crippen LogP contribution in [0.4, 0.5) is 10.8 Å². The number of aryl methyl sites for hydroxylation is 2. The molecule has 0 fully saturated rings. The van der Waals surface area contributed by atoms with Crippen LogP contribution in [0.15, 0.2) is 35.7 Å². The van der Waals surface area contributed by atoms with Gasteiger partial charge in [-0.15, -0.1) is 16.4 Å². The second kappa shape index (κ2) is 6.33. The standard InChI is InChI=1S/C15H14N4OS2/c1-3-12-13(22-18-17-12)14(20)19(11-7-5-4-6-8-11)15-16-10(2)9-21-15/h4-9H,3H2,1-2H3. The lowest BCUT2D eigenvalue weighted by atomic mass is 10.2. The summed E-state index contributed by atoms with van der Waals surface area (Å²) in [6.45, 7) is 3.88. The highest BCUT2D eigenvalue weighted by Crippen LogP contribution is 2.31. The van der Waals surface area contributed by atoms with Gasteiger partial charge < -0.3 is 0 Å². The molecule has 2 aromatic heterocycles. The lowest BCUT2D eigenvalue weighted by molar-refractivity contribution is 0.100. The summed E-state index contributed by atoms with van der Waals surface area (Å²) in [5.41, 5.74) is 2.41. The second-order valence-corrected chi connectivity index (χ2v) is 6.24. The Morgan fingerprint density at radius 3 is 2.68 bits per heavy atom. The van der Waals surface area contributed by atoms with E-state index in [9.17, 15) is 4.79 Å². The maximum Gasteiger partial charge on any atom is 0.278 e. The van der Waals surface area contributed by atoms with Crippen LogP contribution in [-0.2, 0) is 6.42 Å². The molecule has 0 saturated carbocycles. The first-order valence-corrected chi connectivity index (χ1v) is 8.49. The van der Waals surface area contributed by atoms with Crippen molar-refractivity contribution in [2.24, 2.45) is 0 Å². The molecule has 0 radical (unpaired) electrons. The molecule has 0 bridgehead atoms. The van der Waals surface area contributed by atoms with E-state index in [4.69, 9.17) is 0 Å². The van der Waals surface area contributed by atoms with Gasteiger partial charge >= 0.3 is 0 Å². The maximum atomic E-state index is 13.0. The summed E-state index contributed by atoms with van der Waals surface area (Å²) < 4.78 is 3.92. The van der Waals surface area contributed by atoms with Crippen molar-refractivity contribution in [3.05, 3.63) is 52.0 Å². The first kappa shape index (κ1) is 14.8. The third kappa shape index (κ3) is 2.77. The van der Waals surface area contributed by atoms with Gasteiger partial charge in [0.15, 0.2) is 5.13 Å². The van der Waals surface area contributed by atoms with Crippen LogP contribution >= 0.6 is 22.9 Å². The fraction of sp³-hybridized carbons (Fsp3) is 0.200. The average Bonchev–Trinajstić information content (AvgIpc) is 3.17. The van der Waals surface area contributed by atoms with Gasteiger partial charge in [-0.25, -0.2) is 4.98 Å². The van der Waals surface area contributed by atoms with Gasteiger partial charge in [-0.1, -0.05) is 29.6 Å². The molecule has 1 amide bonds. The average molecular weight is 330 g/mol. The van der Waals surface area contributed by atoms with Crippen molar-refractivity contribution >= 4 is 39.6 Å². The normalized spacial score (nSPS) is 10.6. The molecule has 0 saturated heterocycles. The second-order valence-electron chi connectivity index (χ2n) is 4.65. The largest absolute Gasteiger partial charge is 0.278 e. The van der Waals surface area contributed by atoms with Crippen molar-refractivity contribution in [1.82, 2.24) is 14.6 Å². The molecule has 3 aromatic rings. The zero-order chi connectivity index (χ0) is 15.5. The summed E-state index contributed by atoms with van der Waals surface area (Å²) in [6, 6.07) is 9.53. The summed E-state index contributed by atoms with van der Waals surface area (Å²) in [5, 5.41) is 6.63. The van der Waals surface area contributed by atoms with Gasteiger partial charge in [0, 0.05) is 5.38 Å². The van der Waals surface area contributed by atoms with Gasteiger partial charge in [-0.3, -0.25) is 9.69 Å². The van der Waals surface area contributed by atoms with Crippen LogP contribution in [0.2, 0.25) is 0 Å². The molecule has 0 aliphatic heterocycles. The number of amides is 1. The molecule has 0 aliphatic rings. The number of rotatable bonds is 4. The fourth-order valence-corrected chi connectivity index (χ4v) is 3.54. The Labute approximate surface area is 136 Å². The van der Waals surface area contributed by atoms with Gasteiger partial charge in [0.1, 0.15) is 4.88 Å². The summed E-state index contributed by atoms with van der Waals surface area (Å²) in [6.07, 6.45) is 0.678. The molecule has 0 unspecified atom stereocenters. The molecule has 1 aromatic carbocycles. The molecule has 0 spiro atoms. The van der Waals surface area contributed by atoms with E-state index >= 15 is 0 Å². The Bertz CT molecular complexity index is 782. The number of hydrogen-bond acceptors (Lipinski definition) is 6. The number of para-hydroxylation sites is 1. The van der Waals surface area contributed by atoms with E-state index in [1.54, 1.807) is 4.90 Å². The number of benzene rings is 1. The Morgan fingerprint density at radius 2 is 2.05 bits per heavy atom. The minimum Gasteiger partial charge on any atom is -0.267 e. The highest BCUT2D eigenvalue weighted by atomic mass is 32.1. The number of anilines is 2. The molecule has 7 heteroatoms. The number of thiazole rings is 1. The molecular weight excluding hydrogens is 316 g/mol. The minimum atomic E-state index is -0.132. The predicted octanol–water partition coefficient (Wildman–Crippen LogP) is 3.84. The van der Waals surface area contributed by atoms with Crippen LogP contribution in [0.5, 0.6) is 0 Å². The van der Waals surface area contributed by atoms with Gasteiger partial charge in [0.2, 0.25) is 0 Å². The van der Waals surface area contributed by atoms with Crippen molar-refractivity contribution < 1.29 is 4.79 Å². The highest BCUT2D eigenvalue weighted by Gasteiger charge is 2.26. The molecule has 5 nitrogen and oxygen atoms in total. The summed E-state index contributed by atoms with van der Waals surface area (Å²) in [4.78, 5) is 19.7. The number of aromatic nitrogens is 3. The number of nitrogens with zero attached hydrogens (tertiary/aromatic N) is 4. The Kier molecular flexibility index (Phi) is 4.26. The summed E-state index contributed by atoms with van der Waals surface area (Å²) >= 11 is 2.58. The molecule has 0 atom stereocenters. The lowest BCUT2D eigenvalue weighted by Gasteiger charge is -2.19. The first-order valence-electron chi connectivity index (χ1n) is 6.83. The number of carbonyl (C=O) groups excluding carboxylic acids is 1. The monoisotopic (exact) mass is 330 g/mol. The van der Waals surface area contributed by atoms with Crippen LogP contribution in [-0.4, -0.2) is 20.5 Å². The van der Waals surface area contributed by atoms with Gasteiger partial charge in [0.05, 0.1) is 17.1 Å². The Balaban J connectivity index is 2.08. The molecule has 3 rings (SSSR count). The van der Waals surface area contributed by atoms with Crippen LogP contribution in [0.3, 0.4) is 0 Å². The predicted molar refractivity (Wildman–Crippen MR) is 89.0 cm³/mol. The summed E-state index contributed by atoms with van der Waals surface area (Å²) in [5.74, 6) is -0.132. The van der Waals surface area contributed by atoms with E-state index in [2.05, 4.69) is 14.6 Å². The van der Waals surface area contributed by atoms with Crippen LogP contribution in [0, 0.1) is 6.92 Å². The molecule has 112 valence electrons. The van der Waals surface area contributed by atoms with E-state index in [-0.39, 0.29) is 5.91 Å². The SMILES string of the molecule is CCc1nnsc1C(=O)N(c1ccccc1)c1nc(C)cs1. The van der Waals surface area contributed by atoms with E-state index in [1.165, 1.54) is 11.3 Å². The van der Waals surface area contributed by atoms with Crippen LogP contribution < -0.4 is 4.90 Å². The molecule has 22 heavy (non-hydrogen) atoms. The van der Waals surface area contributed by atoms with Gasteiger partial charge in [-0.2, -0.15) is 0 Å².